The average Bonchev–Trinajstić information content (AvgIpc) is 3.47. The number of aromatic nitrogens is 1. The predicted octanol–water partition coefficient (Wildman–Crippen LogP) is 6.25. The molecule has 0 unspecified atom stereocenters. The summed E-state index contributed by atoms with van der Waals surface area (Å²) in [6.07, 6.45) is 1.73. The molecule has 6 nitrogen and oxygen atoms in total. The Balaban J connectivity index is 1.63. The molecule has 5 rings (SSSR count). The van der Waals surface area contributed by atoms with E-state index in [-0.39, 0.29) is 12.2 Å². The number of hydrogen-bond acceptors (Lipinski definition) is 6. The number of ether oxygens (including phenoxy) is 1. The SMILES string of the molecule is CCOC(=O)C1=C(C)N=c2s/c(=C\c3ccc(-c4ccc(C)cc4Br)o3)c(=O)n2[C@H]1c1ccc(C(C)C)cc1. The number of aryl methyl sites for hydroxylation is 1. The molecule has 0 saturated carbocycles. The summed E-state index contributed by atoms with van der Waals surface area (Å²) in [5.74, 6) is 1.15. The van der Waals surface area contributed by atoms with Gasteiger partial charge in [-0.2, -0.15) is 0 Å². The Morgan fingerprint density at radius 2 is 1.90 bits per heavy atom. The number of benzene rings is 2. The molecule has 0 amide bonds. The zero-order valence-electron chi connectivity index (χ0n) is 22.4. The minimum Gasteiger partial charge on any atom is -0.463 e. The van der Waals surface area contributed by atoms with Crippen molar-refractivity contribution < 1.29 is 13.9 Å². The van der Waals surface area contributed by atoms with Crippen LogP contribution in [0.1, 0.15) is 62.1 Å². The van der Waals surface area contributed by atoms with Gasteiger partial charge in [0.25, 0.3) is 5.56 Å². The standard InChI is InChI=1S/C31H29BrN2O4S/c1-6-37-30(36)27-19(5)33-31-34(28(27)21-10-8-20(9-11-21)17(2)3)29(35)26(39-31)16-22-12-14-25(38-22)23-13-7-18(4)15-24(23)32/h7-17,28H,6H2,1-5H3/b26-16-/t28-/m0/s1. The molecule has 1 atom stereocenters. The van der Waals surface area contributed by atoms with E-state index in [2.05, 4.69) is 34.8 Å². The molecule has 0 saturated heterocycles. The van der Waals surface area contributed by atoms with Crippen LogP contribution in [0.2, 0.25) is 0 Å². The molecule has 200 valence electrons. The maximum Gasteiger partial charge on any atom is 0.338 e. The van der Waals surface area contributed by atoms with Crippen molar-refractivity contribution in [2.45, 2.75) is 46.6 Å². The Bertz CT molecular complexity index is 1770. The number of nitrogens with zero attached hydrogens (tertiary/aromatic N) is 2. The Morgan fingerprint density at radius 1 is 1.15 bits per heavy atom. The van der Waals surface area contributed by atoms with Gasteiger partial charge in [-0.15, -0.1) is 0 Å². The first kappa shape index (κ1) is 27.1. The molecule has 2 aromatic heterocycles. The van der Waals surface area contributed by atoms with Crippen molar-refractivity contribution in [3.05, 3.63) is 112 Å². The number of rotatable bonds is 6. The number of esters is 1. The molecule has 1 aliphatic heterocycles. The fourth-order valence-corrected chi connectivity index (χ4v) is 6.41. The topological polar surface area (TPSA) is 73.8 Å². The minimum absolute atomic E-state index is 0.233. The normalized spacial score (nSPS) is 15.5. The average molecular weight is 606 g/mol. The second kappa shape index (κ2) is 10.9. The molecule has 8 heteroatoms. The summed E-state index contributed by atoms with van der Waals surface area (Å²) in [5.41, 5.74) is 4.76. The van der Waals surface area contributed by atoms with Crippen molar-refractivity contribution >= 4 is 39.3 Å². The van der Waals surface area contributed by atoms with Gasteiger partial charge in [-0.3, -0.25) is 9.36 Å². The summed E-state index contributed by atoms with van der Waals surface area (Å²) in [7, 11) is 0. The van der Waals surface area contributed by atoms with Gasteiger partial charge < -0.3 is 9.15 Å². The summed E-state index contributed by atoms with van der Waals surface area (Å²) >= 11 is 4.89. The summed E-state index contributed by atoms with van der Waals surface area (Å²) in [5, 5.41) is 0. The lowest BCUT2D eigenvalue weighted by Crippen LogP contribution is -2.39. The molecule has 1 aliphatic rings. The Labute approximate surface area is 239 Å². The lowest BCUT2D eigenvalue weighted by molar-refractivity contribution is -0.139. The van der Waals surface area contributed by atoms with E-state index in [1.54, 1.807) is 24.5 Å². The smallest absolute Gasteiger partial charge is 0.338 e. The molecule has 0 N–H and O–H groups in total. The molecule has 0 spiro atoms. The number of halogens is 1. The highest BCUT2D eigenvalue weighted by Crippen LogP contribution is 2.32. The quantitative estimate of drug-likeness (QED) is 0.244. The second-order valence-electron chi connectivity index (χ2n) is 9.81. The lowest BCUT2D eigenvalue weighted by atomic mass is 9.93. The van der Waals surface area contributed by atoms with Gasteiger partial charge in [0.05, 0.1) is 28.5 Å². The summed E-state index contributed by atoms with van der Waals surface area (Å²) in [6.45, 7) is 10.1. The number of furan rings is 1. The minimum atomic E-state index is -0.640. The fourth-order valence-electron chi connectivity index (χ4n) is 4.69. The Kier molecular flexibility index (Phi) is 7.60. The van der Waals surface area contributed by atoms with Gasteiger partial charge in [0.1, 0.15) is 11.5 Å². The zero-order valence-corrected chi connectivity index (χ0v) is 24.9. The van der Waals surface area contributed by atoms with Crippen LogP contribution in [-0.4, -0.2) is 17.1 Å². The van der Waals surface area contributed by atoms with Crippen LogP contribution in [0, 0.1) is 6.92 Å². The maximum atomic E-state index is 13.8. The first-order chi connectivity index (χ1) is 18.7. The molecule has 0 fully saturated rings. The van der Waals surface area contributed by atoms with Crippen LogP contribution in [0.15, 0.2) is 84.5 Å². The lowest BCUT2D eigenvalue weighted by Gasteiger charge is -2.25. The third kappa shape index (κ3) is 5.23. The Morgan fingerprint density at radius 3 is 2.56 bits per heavy atom. The van der Waals surface area contributed by atoms with E-state index in [1.165, 1.54) is 16.9 Å². The van der Waals surface area contributed by atoms with Gasteiger partial charge >= 0.3 is 5.97 Å². The number of fused-ring (bicyclic) bond motifs is 1. The Hall–Kier alpha value is -3.49. The molecule has 39 heavy (non-hydrogen) atoms. The molecule has 0 bridgehead atoms. The van der Waals surface area contributed by atoms with E-state index in [1.807, 2.05) is 61.5 Å². The van der Waals surface area contributed by atoms with Crippen molar-refractivity contribution in [1.29, 1.82) is 0 Å². The van der Waals surface area contributed by atoms with Gasteiger partial charge in [0.2, 0.25) is 0 Å². The molecular formula is C31H29BrN2O4S. The third-order valence-corrected chi connectivity index (χ3v) is 8.37. The van der Waals surface area contributed by atoms with Crippen LogP contribution in [0.5, 0.6) is 0 Å². The van der Waals surface area contributed by atoms with Gasteiger partial charge in [-0.05, 0) is 67.6 Å². The van der Waals surface area contributed by atoms with Crippen LogP contribution in [0.4, 0.5) is 0 Å². The molecular weight excluding hydrogens is 576 g/mol. The van der Waals surface area contributed by atoms with Gasteiger partial charge in [-0.25, -0.2) is 9.79 Å². The zero-order chi connectivity index (χ0) is 27.8. The van der Waals surface area contributed by atoms with Gasteiger partial charge in [0, 0.05) is 16.1 Å². The number of carbonyl (C=O) groups is 1. The molecule has 0 radical (unpaired) electrons. The van der Waals surface area contributed by atoms with Gasteiger partial charge in [-0.1, -0.05) is 71.4 Å². The fraction of sp³-hybridized carbons (Fsp3) is 0.258. The van der Waals surface area contributed by atoms with Crippen LogP contribution in [-0.2, 0) is 9.53 Å². The van der Waals surface area contributed by atoms with Crippen LogP contribution in [0.25, 0.3) is 17.4 Å². The summed E-state index contributed by atoms with van der Waals surface area (Å²) in [4.78, 5) is 32.1. The summed E-state index contributed by atoms with van der Waals surface area (Å²) < 4.78 is 14.5. The summed E-state index contributed by atoms with van der Waals surface area (Å²) in [6, 6.07) is 17.2. The highest BCUT2D eigenvalue weighted by atomic mass is 79.9. The third-order valence-electron chi connectivity index (χ3n) is 6.73. The van der Waals surface area contributed by atoms with Crippen LogP contribution < -0.4 is 14.9 Å². The van der Waals surface area contributed by atoms with E-state index >= 15 is 0 Å². The van der Waals surface area contributed by atoms with E-state index in [9.17, 15) is 9.59 Å². The molecule has 3 heterocycles. The van der Waals surface area contributed by atoms with E-state index in [0.717, 1.165) is 21.2 Å². The monoisotopic (exact) mass is 604 g/mol. The van der Waals surface area contributed by atoms with E-state index < -0.39 is 12.0 Å². The number of carbonyl (C=O) groups excluding carboxylic acids is 1. The largest absolute Gasteiger partial charge is 0.463 e. The van der Waals surface area contributed by atoms with Crippen molar-refractivity contribution in [2.75, 3.05) is 6.61 Å². The van der Waals surface area contributed by atoms with Crippen molar-refractivity contribution in [1.82, 2.24) is 4.57 Å². The van der Waals surface area contributed by atoms with Gasteiger partial charge in [0.15, 0.2) is 4.80 Å². The second-order valence-corrected chi connectivity index (χ2v) is 11.7. The van der Waals surface area contributed by atoms with Crippen LogP contribution >= 0.6 is 27.3 Å². The molecule has 2 aromatic carbocycles. The van der Waals surface area contributed by atoms with E-state index in [4.69, 9.17) is 9.15 Å². The first-order valence-electron chi connectivity index (χ1n) is 12.8. The number of allylic oxidation sites excluding steroid dienone is 1. The number of hydrogen-bond donors (Lipinski definition) is 0. The highest BCUT2D eigenvalue weighted by Gasteiger charge is 2.33. The van der Waals surface area contributed by atoms with Crippen molar-refractivity contribution in [3.63, 3.8) is 0 Å². The maximum absolute atomic E-state index is 13.8. The first-order valence-corrected chi connectivity index (χ1v) is 14.4. The highest BCUT2D eigenvalue weighted by molar-refractivity contribution is 9.10. The van der Waals surface area contributed by atoms with Crippen molar-refractivity contribution in [2.24, 2.45) is 4.99 Å². The molecule has 4 aromatic rings. The van der Waals surface area contributed by atoms with Crippen LogP contribution in [0.3, 0.4) is 0 Å². The number of thiazole rings is 1. The predicted molar refractivity (Wildman–Crippen MR) is 158 cm³/mol. The van der Waals surface area contributed by atoms with Crippen molar-refractivity contribution in [3.8, 4) is 11.3 Å². The molecule has 0 aliphatic carbocycles. The van der Waals surface area contributed by atoms with E-state index in [0.29, 0.717) is 38.0 Å².